The number of phenolic OH excluding ortho intramolecular Hbond substituents is 1. The van der Waals surface area contributed by atoms with E-state index < -0.39 is 54.3 Å². The maximum absolute atomic E-state index is 13.0. The molecule has 0 aliphatic carbocycles. The van der Waals surface area contributed by atoms with Crippen molar-refractivity contribution in [3.05, 3.63) is 29.8 Å². The number of amides is 4. The number of primary amides is 1. The van der Waals surface area contributed by atoms with Gasteiger partial charge in [-0.1, -0.05) is 18.6 Å². The number of carbonyl (C=O) groups excluding carboxylic acids is 4. The van der Waals surface area contributed by atoms with Gasteiger partial charge in [-0.3, -0.25) is 19.2 Å². The molecule has 204 valence electrons. The number of unbranched alkanes of at least 4 members (excludes halogenated alkanes) is 1. The highest BCUT2D eigenvalue weighted by atomic mass is 16.4. The number of benzene rings is 1. The zero-order valence-electron chi connectivity index (χ0n) is 20.6. The standard InChI is InChI=1S/C24H36N6O7/c25-10-2-1-4-16(26)23(35)30-11-3-5-19(30)22(34)28-17(13-20(27)32)21(33)29-18(24(36)37)12-14-6-8-15(31)9-7-14/h6-9,16-19,31H,1-5,10-13,25-26H2,(H2,27,32)(H,28,34)(H,29,33)(H,36,37). The van der Waals surface area contributed by atoms with Gasteiger partial charge in [0.2, 0.25) is 23.6 Å². The number of nitrogens with one attached hydrogen (secondary N) is 2. The fourth-order valence-electron chi connectivity index (χ4n) is 4.17. The number of hydrogen-bond acceptors (Lipinski definition) is 8. The lowest BCUT2D eigenvalue weighted by molar-refractivity contribution is -0.143. The lowest BCUT2D eigenvalue weighted by atomic mass is 10.0. The molecule has 1 saturated heterocycles. The molecular weight excluding hydrogens is 484 g/mol. The second-order valence-electron chi connectivity index (χ2n) is 9.08. The van der Waals surface area contributed by atoms with Crippen LogP contribution < -0.4 is 27.8 Å². The van der Waals surface area contributed by atoms with E-state index in [1.807, 2.05) is 0 Å². The van der Waals surface area contributed by atoms with E-state index in [4.69, 9.17) is 17.2 Å². The molecule has 0 radical (unpaired) electrons. The molecule has 13 nitrogen and oxygen atoms in total. The molecule has 2 rings (SSSR count). The molecule has 13 heteroatoms. The molecule has 1 aliphatic heterocycles. The van der Waals surface area contributed by atoms with Crippen LogP contribution in [0.15, 0.2) is 24.3 Å². The Bertz CT molecular complexity index is 971. The molecule has 1 aromatic carbocycles. The van der Waals surface area contributed by atoms with Crippen molar-refractivity contribution < 1.29 is 34.2 Å². The summed E-state index contributed by atoms with van der Waals surface area (Å²) in [5.74, 6) is -4.17. The molecule has 37 heavy (non-hydrogen) atoms. The van der Waals surface area contributed by atoms with Gasteiger partial charge in [0.25, 0.3) is 0 Å². The van der Waals surface area contributed by atoms with E-state index in [1.54, 1.807) is 0 Å². The summed E-state index contributed by atoms with van der Waals surface area (Å²) in [4.78, 5) is 63.5. The molecule has 1 aromatic rings. The van der Waals surface area contributed by atoms with E-state index in [-0.39, 0.29) is 18.1 Å². The van der Waals surface area contributed by atoms with Gasteiger partial charge < -0.3 is 42.9 Å². The normalized spacial score (nSPS) is 17.5. The predicted octanol–water partition coefficient (Wildman–Crippen LogP) is -1.69. The predicted molar refractivity (Wildman–Crippen MR) is 133 cm³/mol. The van der Waals surface area contributed by atoms with Crippen LogP contribution in [0.2, 0.25) is 0 Å². The average Bonchev–Trinajstić information content (AvgIpc) is 3.33. The molecular formula is C24H36N6O7. The maximum atomic E-state index is 13.0. The second-order valence-corrected chi connectivity index (χ2v) is 9.08. The lowest BCUT2D eigenvalue weighted by Crippen LogP contribution is -2.57. The molecule has 10 N–H and O–H groups in total. The van der Waals surface area contributed by atoms with Gasteiger partial charge in [-0.25, -0.2) is 4.79 Å². The summed E-state index contributed by atoms with van der Waals surface area (Å²) in [6, 6.07) is 1.28. The third kappa shape index (κ3) is 9.03. The Kier molecular flexibility index (Phi) is 11.3. The smallest absolute Gasteiger partial charge is 0.326 e. The Morgan fingerprint density at radius 2 is 1.73 bits per heavy atom. The summed E-state index contributed by atoms with van der Waals surface area (Å²) >= 11 is 0. The third-order valence-corrected chi connectivity index (χ3v) is 6.15. The summed E-state index contributed by atoms with van der Waals surface area (Å²) in [6.07, 6.45) is 2.04. The van der Waals surface area contributed by atoms with Crippen molar-refractivity contribution in [3.63, 3.8) is 0 Å². The first-order chi connectivity index (χ1) is 17.5. The molecule has 0 bridgehead atoms. The summed E-state index contributed by atoms with van der Waals surface area (Å²) in [6.45, 7) is 0.804. The minimum atomic E-state index is -1.44. The summed E-state index contributed by atoms with van der Waals surface area (Å²) in [7, 11) is 0. The Morgan fingerprint density at radius 3 is 2.32 bits per heavy atom. The first-order valence-corrected chi connectivity index (χ1v) is 12.2. The molecule has 0 spiro atoms. The summed E-state index contributed by atoms with van der Waals surface area (Å²) in [5.41, 5.74) is 17.3. The molecule has 4 amide bonds. The number of aromatic hydroxyl groups is 1. The van der Waals surface area contributed by atoms with Crippen LogP contribution >= 0.6 is 0 Å². The van der Waals surface area contributed by atoms with Crippen molar-refractivity contribution in [1.82, 2.24) is 15.5 Å². The minimum Gasteiger partial charge on any atom is -0.508 e. The number of phenols is 1. The molecule has 1 aliphatic rings. The number of nitrogens with zero attached hydrogens (tertiary/aromatic N) is 1. The van der Waals surface area contributed by atoms with Crippen LogP contribution in [-0.2, 0) is 30.4 Å². The highest BCUT2D eigenvalue weighted by Gasteiger charge is 2.38. The topological polar surface area (TPSA) is 231 Å². The first-order valence-electron chi connectivity index (χ1n) is 12.2. The summed E-state index contributed by atoms with van der Waals surface area (Å²) in [5, 5.41) is 23.8. The number of aliphatic carboxylic acids is 1. The van der Waals surface area contributed by atoms with E-state index in [0.29, 0.717) is 44.3 Å². The quantitative estimate of drug-likeness (QED) is 0.138. The monoisotopic (exact) mass is 520 g/mol. The Hall–Kier alpha value is -3.71. The molecule has 0 aromatic heterocycles. The van der Waals surface area contributed by atoms with Gasteiger partial charge in [-0.15, -0.1) is 0 Å². The van der Waals surface area contributed by atoms with Gasteiger partial charge in [-0.2, -0.15) is 0 Å². The number of nitrogens with two attached hydrogens (primary N) is 3. The lowest BCUT2D eigenvalue weighted by Gasteiger charge is -2.28. The van der Waals surface area contributed by atoms with Gasteiger partial charge in [0, 0.05) is 13.0 Å². The van der Waals surface area contributed by atoms with E-state index in [2.05, 4.69) is 10.6 Å². The SMILES string of the molecule is NCCCCC(N)C(=O)N1CCCC1C(=O)NC(CC(N)=O)C(=O)NC(Cc1ccc(O)cc1)C(=O)O. The van der Waals surface area contributed by atoms with Crippen LogP contribution in [0.1, 0.15) is 44.1 Å². The van der Waals surface area contributed by atoms with Crippen molar-refractivity contribution in [2.45, 2.75) is 69.1 Å². The summed E-state index contributed by atoms with van der Waals surface area (Å²) < 4.78 is 0. The zero-order chi connectivity index (χ0) is 27.5. The molecule has 1 fully saturated rings. The van der Waals surface area contributed by atoms with Crippen LogP contribution in [0.25, 0.3) is 0 Å². The maximum Gasteiger partial charge on any atom is 0.326 e. The van der Waals surface area contributed by atoms with Crippen molar-refractivity contribution in [2.24, 2.45) is 17.2 Å². The van der Waals surface area contributed by atoms with E-state index >= 15 is 0 Å². The van der Waals surface area contributed by atoms with Crippen molar-refractivity contribution in [1.29, 1.82) is 0 Å². The number of likely N-dealkylation sites (tertiary alicyclic amines) is 1. The average molecular weight is 521 g/mol. The van der Waals surface area contributed by atoms with Gasteiger partial charge in [0.15, 0.2) is 0 Å². The highest BCUT2D eigenvalue weighted by molar-refractivity contribution is 5.96. The highest BCUT2D eigenvalue weighted by Crippen LogP contribution is 2.20. The molecule has 4 atom stereocenters. The fraction of sp³-hybridized carbons (Fsp3) is 0.542. The number of carboxylic acid groups (broad SMARTS) is 1. The Balaban J connectivity index is 2.08. The van der Waals surface area contributed by atoms with Crippen LogP contribution in [0, 0.1) is 0 Å². The van der Waals surface area contributed by atoms with Gasteiger partial charge in [0.05, 0.1) is 12.5 Å². The molecule has 0 saturated carbocycles. The molecule has 1 heterocycles. The number of carboxylic acids is 1. The minimum absolute atomic E-state index is 0.000140. The Morgan fingerprint density at radius 1 is 1.05 bits per heavy atom. The van der Waals surface area contributed by atoms with Crippen LogP contribution in [0.3, 0.4) is 0 Å². The second kappa shape index (κ2) is 14.1. The van der Waals surface area contributed by atoms with Gasteiger partial charge in [0.1, 0.15) is 23.9 Å². The van der Waals surface area contributed by atoms with E-state index in [9.17, 15) is 34.2 Å². The van der Waals surface area contributed by atoms with Crippen molar-refractivity contribution in [3.8, 4) is 5.75 Å². The number of rotatable bonds is 14. The van der Waals surface area contributed by atoms with Crippen molar-refractivity contribution >= 4 is 29.6 Å². The van der Waals surface area contributed by atoms with Gasteiger partial charge in [-0.05, 0) is 49.9 Å². The Labute approximate surface area is 214 Å². The number of carbonyl (C=O) groups is 5. The van der Waals surface area contributed by atoms with Crippen molar-refractivity contribution in [2.75, 3.05) is 13.1 Å². The van der Waals surface area contributed by atoms with Crippen LogP contribution in [-0.4, -0.2) is 82.0 Å². The first kappa shape index (κ1) is 29.5. The van der Waals surface area contributed by atoms with Gasteiger partial charge >= 0.3 is 5.97 Å². The number of hydrogen-bond donors (Lipinski definition) is 7. The molecule has 4 unspecified atom stereocenters. The third-order valence-electron chi connectivity index (χ3n) is 6.15. The van der Waals surface area contributed by atoms with Crippen LogP contribution in [0.4, 0.5) is 0 Å². The largest absolute Gasteiger partial charge is 0.508 e. The van der Waals surface area contributed by atoms with Crippen LogP contribution in [0.5, 0.6) is 5.75 Å². The van der Waals surface area contributed by atoms with E-state index in [0.717, 1.165) is 6.42 Å². The van der Waals surface area contributed by atoms with E-state index in [1.165, 1.54) is 29.2 Å². The zero-order valence-corrected chi connectivity index (χ0v) is 20.6. The fourth-order valence-corrected chi connectivity index (χ4v) is 4.17.